The van der Waals surface area contributed by atoms with Crippen molar-refractivity contribution in [3.05, 3.63) is 224 Å². The van der Waals surface area contributed by atoms with Crippen molar-refractivity contribution in [3.8, 4) is 0 Å². The highest BCUT2D eigenvalue weighted by Crippen LogP contribution is 2.60. The van der Waals surface area contributed by atoms with Crippen LogP contribution >= 0.6 is 192 Å². The smallest absolute Gasteiger partial charge is 0.328 e. The second-order valence-electron chi connectivity index (χ2n) is 28.2. The standard InChI is InChI=1S/C15H14ClN2O2PS.C14H14ClO4PS.C12H11Cl2O2PS.C12H13ClNO2PS.C12H12ClO3PS.C11H12ClOPS.6CH4/c1-21(2,20)14(15(19)18-6-5-17-9-18)12-8-22-13-4-3-10(16)7-11(12)13;1-8(16)19-14(17)13(20(2,3)18)11-7-21-12-5-4-9(15)6-10(11)12;3*1-17(2,16)11(12(14)15)9-6-18-10-4-3-7(13)5-8(9)10;1-14(2,13)6-8-7-15-11-4-3-9(12)5-10(8)11;;;;;;/h3-9,14H,1-2H3;4-7,13H,1-3H3;3-6,11H,1-2H3;3-6,11H,1-2H3,(H2,14,15);3-6,11H,1-2H3,(H,14,15);3-5,7H,6H2,1-2H3;6*1H4. The lowest BCUT2D eigenvalue weighted by Gasteiger charge is -2.20. The fourth-order valence-electron chi connectivity index (χ4n) is 12.2. The number of benzene rings is 6. The molecule has 5 atom stereocenters. The van der Waals surface area contributed by atoms with Gasteiger partial charge in [0.15, 0.2) is 0 Å². The molecule has 0 bridgehead atoms. The van der Waals surface area contributed by atoms with Crippen LogP contribution < -0.4 is 5.73 Å². The number of halogens is 7. The van der Waals surface area contributed by atoms with Crippen molar-refractivity contribution < 1.29 is 66.0 Å². The molecule has 0 aliphatic rings. The number of imidazole rings is 1. The van der Waals surface area contributed by atoms with Crippen LogP contribution in [0.15, 0.2) is 160 Å². The van der Waals surface area contributed by atoms with Gasteiger partial charge in [0.1, 0.15) is 34.6 Å². The van der Waals surface area contributed by atoms with Crippen molar-refractivity contribution in [2.75, 3.05) is 80.0 Å². The van der Waals surface area contributed by atoms with E-state index in [0.29, 0.717) is 48.0 Å². The molecule has 118 heavy (non-hydrogen) atoms. The number of rotatable bonds is 17. The molecule has 36 heteroatoms. The second-order valence-corrected chi connectivity index (χ2v) is 57.1. The fraction of sp³-hybridized carbons (Fsp3) is 0.305. The van der Waals surface area contributed by atoms with Crippen LogP contribution in [0.4, 0.5) is 0 Å². The van der Waals surface area contributed by atoms with Crippen LogP contribution in [0.1, 0.15) is 118 Å². The van der Waals surface area contributed by atoms with Gasteiger partial charge in [-0.05, 0) is 299 Å². The molecule has 642 valence electrons. The summed E-state index contributed by atoms with van der Waals surface area (Å²) in [7, 11) is -15.7. The number of carboxylic acids is 1. The number of nitrogens with zero attached hydrogens (tertiary/aromatic N) is 2. The number of carbonyl (C=O) groups excluding carboxylic acids is 5. The minimum atomic E-state index is -2.86. The Hall–Kier alpha value is -4.88. The number of ether oxygens (including phenoxy) is 1. The van der Waals surface area contributed by atoms with Gasteiger partial charge in [0.25, 0.3) is 0 Å². The number of primary amides is 1. The Balaban J connectivity index is 0.000000477. The normalized spacial score (nSPS) is 12.7. The summed E-state index contributed by atoms with van der Waals surface area (Å²) >= 11 is 50.6. The Bertz CT molecular complexity index is 5770. The van der Waals surface area contributed by atoms with Gasteiger partial charge in [-0.15, -0.1) is 68.0 Å². The number of carboxylic acid groups (broad SMARTS) is 1. The van der Waals surface area contributed by atoms with Crippen molar-refractivity contribution in [2.45, 2.75) is 85.9 Å². The minimum absolute atomic E-state index is 0. The summed E-state index contributed by atoms with van der Waals surface area (Å²) in [6.45, 7) is 20.4. The summed E-state index contributed by atoms with van der Waals surface area (Å²) in [6, 6.07) is 33.0. The van der Waals surface area contributed by atoms with E-state index in [4.69, 9.17) is 86.9 Å². The number of amides is 1. The van der Waals surface area contributed by atoms with Gasteiger partial charge in [0.05, 0.1) is 42.9 Å². The Kier molecular flexibility index (Phi) is 41.8. The van der Waals surface area contributed by atoms with Crippen LogP contribution in [0.5, 0.6) is 0 Å². The van der Waals surface area contributed by atoms with E-state index in [-0.39, 0.29) is 50.5 Å². The molecule has 0 aliphatic carbocycles. The Labute approximate surface area is 751 Å². The van der Waals surface area contributed by atoms with Crippen LogP contribution in [-0.2, 0) is 62.3 Å². The number of nitrogens with two attached hydrogens (primary N) is 1. The average Bonchev–Trinajstić information content (AvgIpc) is 1.66. The lowest BCUT2D eigenvalue weighted by molar-refractivity contribution is -0.157. The molecular formula is C82H100Cl7N3O14P6S6. The number of hydrogen-bond donors (Lipinski definition) is 2. The molecule has 0 saturated heterocycles. The largest absolute Gasteiger partial charge is 0.480 e. The van der Waals surface area contributed by atoms with E-state index in [1.165, 1.54) is 105 Å². The first-order valence-corrected chi connectivity index (χ1v) is 57.2. The van der Waals surface area contributed by atoms with E-state index >= 15 is 0 Å². The molecule has 6 aromatic carbocycles. The quantitative estimate of drug-likeness (QED) is 0.0371. The van der Waals surface area contributed by atoms with Crippen molar-refractivity contribution in [2.24, 2.45) is 5.73 Å². The topological polar surface area (TPSA) is 278 Å². The van der Waals surface area contributed by atoms with E-state index in [0.717, 1.165) is 84.5 Å². The average molecular weight is 1980 g/mol. The van der Waals surface area contributed by atoms with Gasteiger partial charge in [-0.3, -0.25) is 33.3 Å². The zero-order valence-electron chi connectivity index (χ0n) is 62.2. The molecule has 0 spiro atoms. The van der Waals surface area contributed by atoms with Crippen molar-refractivity contribution in [1.82, 2.24) is 9.55 Å². The molecule has 13 rings (SSSR count). The summed E-state index contributed by atoms with van der Waals surface area (Å²) in [5.41, 5.74) is 5.82. The Morgan fingerprint density at radius 1 is 0.415 bits per heavy atom. The maximum Gasteiger partial charge on any atom is 0.328 e. The molecule has 5 unspecified atom stereocenters. The summed E-state index contributed by atoms with van der Waals surface area (Å²) in [4.78, 5) is 74.5. The lowest BCUT2D eigenvalue weighted by Crippen LogP contribution is -2.20. The highest BCUT2D eigenvalue weighted by molar-refractivity contribution is 7.65. The number of hydrogen-bond acceptors (Lipinski definition) is 20. The summed E-state index contributed by atoms with van der Waals surface area (Å²) in [5.74, 6) is -3.33. The molecule has 7 heterocycles. The molecule has 0 saturated carbocycles. The molecule has 3 N–H and O–H groups in total. The molecule has 0 fully saturated rings. The summed E-state index contributed by atoms with van der Waals surface area (Å²) in [5, 5.41) is 28.8. The third-order valence-electron chi connectivity index (χ3n) is 16.8. The van der Waals surface area contributed by atoms with Crippen LogP contribution in [-0.4, -0.2) is 130 Å². The van der Waals surface area contributed by atoms with Gasteiger partial charge < -0.3 is 43.0 Å². The predicted molar refractivity (Wildman–Crippen MR) is 523 cm³/mol. The van der Waals surface area contributed by atoms with E-state index in [2.05, 4.69) is 15.1 Å². The van der Waals surface area contributed by atoms with Gasteiger partial charge >= 0.3 is 17.9 Å². The van der Waals surface area contributed by atoms with E-state index in [1.807, 2.05) is 90.1 Å². The van der Waals surface area contributed by atoms with Crippen molar-refractivity contribution in [3.63, 3.8) is 0 Å². The van der Waals surface area contributed by atoms with E-state index in [1.54, 1.807) is 117 Å². The zero-order chi connectivity index (χ0) is 83.2. The number of aromatic nitrogens is 2. The fourth-order valence-corrected chi connectivity index (χ4v) is 28.8. The van der Waals surface area contributed by atoms with E-state index < -0.39 is 100 Å². The van der Waals surface area contributed by atoms with Crippen LogP contribution in [0, 0.1) is 0 Å². The molecule has 17 nitrogen and oxygen atoms in total. The minimum Gasteiger partial charge on any atom is -0.480 e. The maximum atomic E-state index is 12.8. The summed E-state index contributed by atoms with van der Waals surface area (Å²) in [6.07, 6.45) is 5.21. The first-order chi connectivity index (χ1) is 51.9. The molecule has 13 aromatic rings. The third-order valence-corrected chi connectivity index (χ3v) is 34.3. The van der Waals surface area contributed by atoms with Crippen molar-refractivity contribution >= 4 is 288 Å². The number of carbonyl (C=O) groups is 6. The second kappa shape index (κ2) is 45.1. The number of fused-ring (bicyclic) bond motifs is 6. The molecule has 1 amide bonds. The van der Waals surface area contributed by atoms with Crippen LogP contribution in [0.2, 0.25) is 30.1 Å². The van der Waals surface area contributed by atoms with Gasteiger partial charge in [-0.25, -0.2) is 4.98 Å². The maximum absolute atomic E-state index is 12.8. The van der Waals surface area contributed by atoms with Gasteiger partial charge in [-0.2, -0.15) is 0 Å². The first-order valence-electron chi connectivity index (χ1n) is 33.2. The number of esters is 2. The lowest BCUT2D eigenvalue weighted by atomic mass is 10.1. The van der Waals surface area contributed by atoms with Gasteiger partial charge in [0.2, 0.25) is 17.1 Å². The Morgan fingerprint density at radius 3 is 0.949 bits per heavy atom. The zero-order valence-corrected chi connectivity index (χ0v) is 77.7. The molecule has 0 aliphatic heterocycles. The Morgan fingerprint density at radius 2 is 0.686 bits per heavy atom. The molecular weight excluding hydrogens is 1880 g/mol. The number of thiophene rings is 6. The number of aliphatic carboxylic acids is 1. The molecule has 0 radical (unpaired) electrons. The van der Waals surface area contributed by atoms with Crippen molar-refractivity contribution in [1.29, 1.82) is 0 Å². The first kappa shape index (κ1) is 109. The predicted octanol–water partition coefficient (Wildman–Crippen LogP) is 30.5. The highest BCUT2D eigenvalue weighted by atomic mass is 35.5. The third kappa shape index (κ3) is 28.6. The molecule has 7 aromatic heterocycles. The van der Waals surface area contributed by atoms with Gasteiger partial charge in [0, 0.05) is 83.8 Å². The highest BCUT2D eigenvalue weighted by Gasteiger charge is 2.39. The monoisotopic (exact) mass is 1970 g/mol. The van der Waals surface area contributed by atoms with Crippen LogP contribution in [0.3, 0.4) is 0 Å². The van der Waals surface area contributed by atoms with E-state index in [9.17, 15) is 61.3 Å². The van der Waals surface area contributed by atoms with Crippen LogP contribution in [0.25, 0.3) is 60.5 Å². The van der Waals surface area contributed by atoms with Gasteiger partial charge in [-0.1, -0.05) is 114 Å². The summed E-state index contributed by atoms with van der Waals surface area (Å²) < 4.78 is 86.0. The SMILES string of the molecule is C.C.C.C.C.C.CC(=O)OC(=O)C(c1csc2ccc(Cl)cc12)P(C)(C)=O.CP(C)(=O)C(C(=O)Cl)c1csc2ccc(Cl)cc12.CP(C)(=O)C(C(=O)O)c1csc2ccc(Cl)cc12.CP(C)(=O)C(C(=O)n1ccnc1)c1csc2ccc(Cl)cc12.CP(C)(=O)C(C(N)=O)c1csc2ccc(Cl)cc12.CP(C)(=O)Cc1csc2ccc(Cl)cc12.